The first-order valence-electron chi connectivity index (χ1n) is 4.97. The van der Waals surface area contributed by atoms with Crippen LogP contribution in [0.15, 0.2) is 35.3 Å². The standard InChI is InChI=1S/C13H14Br/c1-3-9(2)11-6-12(10-4-5-10)8-13(14)7-11/h3,6-8,10H,1,4-5H2,2H3. The summed E-state index contributed by atoms with van der Waals surface area (Å²) in [5.74, 6) is 2.05. The van der Waals surface area contributed by atoms with E-state index in [1.165, 1.54) is 34.4 Å². The van der Waals surface area contributed by atoms with Gasteiger partial charge in [-0.3, -0.25) is 0 Å². The van der Waals surface area contributed by atoms with E-state index in [4.69, 9.17) is 0 Å². The summed E-state index contributed by atoms with van der Waals surface area (Å²) in [6, 6.07) is 6.68. The molecule has 0 N–H and O–H groups in total. The maximum absolute atomic E-state index is 3.80. The van der Waals surface area contributed by atoms with Crippen LogP contribution in [-0.4, -0.2) is 0 Å². The van der Waals surface area contributed by atoms with E-state index in [2.05, 4.69) is 47.6 Å². The summed E-state index contributed by atoms with van der Waals surface area (Å²) in [6.07, 6.45) is 4.62. The van der Waals surface area contributed by atoms with Crippen LogP contribution in [0.2, 0.25) is 0 Å². The van der Waals surface area contributed by atoms with E-state index in [-0.39, 0.29) is 0 Å². The largest absolute Gasteiger partial charge is 0.102 e. The van der Waals surface area contributed by atoms with Gasteiger partial charge in [-0.05, 0) is 42.0 Å². The molecule has 0 spiro atoms. The van der Waals surface area contributed by atoms with Gasteiger partial charge in [-0.25, -0.2) is 0 Å². The van der Waals surface area contributed by atoms with E-state index < -0.39 is 0 Å². The van der Waals surface area contributed by atoms with Crippen molar-refractivity contribution in [3.8, 4) is 0 Å². The van der Waals surface area contributed by atoms with E-state index in [0.717, 1.165) is 5.92 Å². The van der Waals surface area contributed by atoms with E-state index in [1.54, 1.807) is 0 Å². The highest BCUT2D eigenvalue weighted by Crippen LogP contribution is 2.41. The molecule has 0 bridgehead atoms. The molecular formula is C13H14Br. The van der Waals surface area contributed by atoms with Gasteiger partial charge in [-0.1, -0.05) is 35.0 Å². The summed E-state index contributed by atoms with van der Waals surface area (Å²) in [5.41, 5.74) is 2.76. The third kappa shape index (κ3) is 2.09. The summed E-state index contributed by atoms with van der Waals surface area (Å²) < 4.78 is 1.18. The SMILES string of the molecule is C=C[C](C)c1cc(Br)cc(C2CC2)c1. The highest BCUT2D eigenvalue weighted by Gasteiger charge is 2.24. The maximum Gasteiger partial charge on any atom is 0.0230 e. The van der Waals surface area contributed by atoms with Gasteiger partial charge in [0.2, 0.25) is 0 Å². The molecule has 1 aliphatic rings. The van der Waals surface area contributed by atoms with Crippen molar-refractivity contribution < 1.29 is 0 Å². The minimum atomic E-state index is 0.809. The highest BCUT2D eigenvalue weighted by atomic mass is 79.9. The van der Waals surface area contributed by atoms with E-state index in [9.17, 15) is 0 Å². The number of allylic oxidation sites excluding steroid dienone is 1. The fraction of sp³-hybridized carbons (Fsp3) is 0.308. The molecule has 1 aliphatic carbocycles. The lowest BCUT2D eigenvalue weighted by Gasteiger charge is -2.09. The molecule has 0 amide bonds. The molecule has 1 aromatic rings. The van der Waals surface area contributed by atoms with Crippen LogP contribution in [-0.2, 0) is 0 Å². The van der Waals surface area contributed by atoms with Crippen LogP contribution < -0.4 is 0 Å². The van der Waals surface area contributed by atoms with Crippen LogP contribution in [0.5, 0.6) is 0 Å². The zero-order valence-corrected chi connectivity index (χ0v) is 9.97. The van der Waals surface area contributed by atoms with Crippen LogP contribution >= 0.6 is 15.9 Å². The molecule has 73 valence electrons. The first kappa shape index (κ1) is 9.97. The average molecular weight is 250 g/mol. The predicted molar refractivity (Wildman–Crippen MR) is 64.3 cm³/mol. The van der Waals surface area contributed by atoms with E-state index in [1.807, 2.05) is 6.08 Å². The first-order chi connectivity index (χ1) is 6.70. The normalized spacial score (nSPS) is 15.9. The van der Waals surface area contributed by atoms with Crippen molar-refractivity contribution in [2.75, 3.05) is 0 Å². The number of hydrogen-bond donors (Lipinski definition) is 0. The molecule has 1 fully saturated rings. The van der Waals surface area contributed by atoms with Gasteiger partial charge in [0.05, 0.1) is 0 Å². The molecule has 0 aromatic heterocycles. The number of hydrogen-bond acceptors (Lipinski definition) is 0. The number of rotatable bonds is 3. The Hall–Kier alpha value is -0.560. The second-order valence-corrected chi connectivity index (χ2v) is 4.85. The van der Waals surface area contributed by atoms with Crippen molar-refractivity contribution in [3.63, 3.8) is 0 Å². The summed E-state index contributed by atoms with van der Waals surface area (Å²) in [6.45, 7) is 5.91. The summed E-state index contributed by atoms with van der Waals surface area (Å²) >= 11 is 3.56. The Morgan fingerprint density at radius 3 is 2.71 bits per heavy atom. The van der Waals surface area contributed by atoms with Crippen molar-refractivity contribution in [2.45, 2.75) is 25.7 Å². The van der Waals surface area contributed by atoms with Gasteiger partial charge in [0.15, 0.2) is 0 Å². The predicted octanol–water partition coefficient (Wildman–Crippen LogP) is 4.45. The molecule has 0 nitrogen and oxygen atoms in total. The topological polar surface area (TPSA) is 0 Å². The minimum Gasteiger partial charge on any atom is -0.102 e. The third-order valence-corrected chi connectivity index (χ3v) is 3.19. The molecule has 1 heteroatoms. The minimum absolute atomic E-state index is 0.809. The van der Waals surface area contributed by atoms with Gasteiger partial charge < -0.3 is 0 Å². The zero-order chi connectivity index (χ0) is 10.1. The lowest BCUT2D eigenvalue weighted by atomic mass is 9.98. The molecule has 1 saturated carbocycles. The Balaban J connectivity index is 2.35. The second kappa shape index (κ2) is 3.90. The first-order valence-corrected chi connectivity index (χ1v) is 5.77. The summed E-state index contributed by atoms with van der Waals surface area (Å²) in [7, 11) is 0. The zero-order valence-electron chi connectivity index (χ0n) is 8.39. The van der Waals surface area contributed by atoms with Crippen molar-refractivity contribution in [1.29, 1.82) is 0 Å². The van der Waals surface area contributed by atoms with Crippen molar-refractivity contribution in [2.24, 2.45) is 0 Å². The molecule has 0 aliphatic heterocycles. The molecule has 1 aromatic carbocycles. The van der Waals surface area contributed by atoms with Gasteiger partial charge in [-0.2, -0.15) is 0 Å². The monoisotopic (exact) mass is 249 g/mol. The molecule has 1 radical (unpaired) electrons. The average Bonchev–Trinajstić information content (AvgIpc) is 2.98. The van der Waals surface area contributed by atoms with E-state index >= 15 is 0 Å². The molecule has 0 atom stereocenters. The van der Waals surface area contributed by atoms with Crippen LogP contribution in [0.3, 0.4) is 0 Å². The Morgan fingerprint density at radius 2 is 2.14 bits per heavy atom. The van der Waals surface area contributed by atoms with Gasteiger partial charge in [-0.15, -0.1) is 6.58 Å². The molecule has 0 heterocycles. The summed E-state index contributed by atoms with van der Waals surface area (Å²) in [4.78, 5) is 0. The van der Waals surface area contributed by atoms with Crippen molar-refractivity contribution >= 4 is 15.9 Å². The lowest BCUT2D eigenvalue weighted by Crippen LogP contribution is -1.92. The number of benzene rings is 1. The summed E-state index contributed by atoms with van der Waals surface area (Å²) in [5, 5.41) is 0. The fourth-order valence-corrected chi connectivity index (χ4v) is 2.12. The highest BCUT2D eigenvalue weighted by molar-refractivity contribution is 9.10. The van der Waals surface area contributed by atoms with Gasteiger partial charge in [0, 0.05) is 10.4 Å². The Bertz CT molecular complexity index is 350. The fourth-order valence-electron chi connectivity index (χ4n) is 1.61. The van der Waals surface area contributed by atoms with Crippen molar-refractivity contribution in [3.05, 3.63) is 52.4 Å². The van der Waals surface area contributed by atoms with Crippen LogP contribution in [0.25, 0.3) is 0 Å². The molecule has 2 rings (SSSR count). The van der Waals surface area contributed by atoms with Crippen LogP contribution in [0, 0.1) is 5.92 Å². The Morgan fingerprint density at radius 1 is 1.43 bits per heavy atom. The second-order valence-electron chi connectivity index (χ2n) is 3.93. The van der Waals surface area contributed by atoms with E-state index in [0.29, 0.717) is 0 Å². The lowest BCUT2D eigenvalue weighted by molar-refractivity contribution is 1.11. The van der Waals surface area contributed by atoms with Gasteiger partial charge in [0.1, 0.15) is 0 Å². The Kier molecular flexibility index (Phi) is 2.78. The van der Waals surface area contributed by atoms with Gasteiger partial charge in [0.25, 0.3) is 0 Å². The smallest absolute Gasteiger partial charge is 0.0230 e. The molecule has 14 heavy (non-hydrogen) atoms. The van der Waals surface area contributed by atoms with Gasteiger partial charge >= 0.3 is 0 Å². The number of halogens is 1. The maximum atomic E-state index is 3.80. The Labute approximate surface area is 94.2 Å². The van der Waals surface area contributed by atoms with Crippen molar-refractivity contribution in [1.82, 2.24) is 0 Å². The third-order valence-electron chi connectivity index (χ3n) is 2.73. The van der Waals surface area contributed by atoms with Crippen LogP contribution in [0.1, 0.15) is 36.8 Å². The molecule has 0 unspecified atom stereocenters. The quantitative estimate of drug-likeness (QED) is 0.743. The molecular weight excluding hydrogens is 236 g/mol. The molecule has 0 saturated heterocycles. The van der Waals surface area contributed by atoms with Crippen LogP contribution in [0.4, 0.5) is 0 Å².